The molecule has 6 rings (SSSR count). The number of hydrogen-bond donors (Lipinski definition) is 0. The van der Waals surface area contributed by atoms with Crippen LogP contribution in [0.4, 0.5) is 34.1 Å². The van der Waals surface area contributed by atoms with Crippen LogP contribution in [0.15, 0.2) is 133 Å². The van der Waals surface area contributed by atoms with Crippen molar-refractivity contribution in [3.05, 3.63) is 167 Å². The molecule has 0 aliphatic rings. The van der Waals surface area contributed by atoms with Crippen molar-refractivity contribution in [3.63, 3.8) is 0 Å². The molecule has 0 aliphatic carbocycles. The van der Waals surface area contributed by atoms with Gasteiger partial charge < -0.3 is 9.80 Å². The number of benzene rings is 6. The largest absolute Gasteiger partial charge is 0.310 e. The van der Waals surface area contributed by atoms with Gasteiger partial charge in [-0.1, -0.05) is 72.8 Å². The molecule has 0 saturated heterocycles. The van der Waals surface area contributed by atoms with Crippen molar-refractivity contribution < 1.29 is 0 Å². The van der Waals surface area contributed by atoms with Crippen molar-refractivity contribution in [2.24, 2.45) is 0 Å². The summed E-state index contributed by atoms with van der Waals surface area (Å²) in [5.74, 6) is 0. The van der Waals surface area contributed by atoms with Crippen LogP contribution in [0.25, 0.3) is 11.1 Å². The van der Waals surface area contributed by atoms with Gasteiger partial charge in [0, 0.05) is 34.1 Å². The van der Waals surface area contributed by atoms with Gasteiger partial charge in [0.15, 0.2) is 0 Å². The SMILES string of the molecule is Cc1cccc(N(c2ccccc2C)c2ccc(-c3ccc(N(c4cccc(C)c4)c4ccccc4C)c(C)c3)cc2C)c1. The molecule has 0 heterocycles. The Kier molecular flexibility index (Phi) is 8.09. The zero-order valence-electron chi connectivity index (χ0n) is 26.6. The van der Waals surface area contributed by atoms with Crippen LogP contribution >= 0.6 is 0 Å². The van der Waals surface area contributed by atoms with E-state index in [0.717, 1.165) is 0 Å². The Morgan fingerprint density at radius 2 is 0.705 bits per heavy atom. The smallest absolute Gasteiger partial charge is 0.0491 e. The summed E-state index contributed by atoms with van der Waals surface area (Å²) in [4.78, 5) is 4.77. The van der Waals surface area contributed by atoms with E-state index in [1.54, 1.807) is 0 Å². The first-order chi connectivity index (χ1) is 21.3. The highest BCUT2D eigenvalue weighted by atomic mass is 15.2. The molecule has 0 saturated carbocycles. The summed E-state index contributed by atoms with van der Waals surface area (Å²) in [5.41, 5.74) is 17.0. The Bertz CT molecular complexity index is 1810. The molecule has 0 amide bonds. The number of para-hydroxylation sites is 2. The first kappa shape index (κ1) is 29.0. The predicted molar refractivity (Wildman–Crippen MR) is 190 cm³/mol. The van der Waals surface area contributed by atoms with Gasteiger partial charge in [-0.25, -0.2) is 0 Å². The zero-order chi connectivity index (χ0) is 30.8. The normalized spacial score (nSPS) is 11.0. The third-order valence-corrected chi connectivity index (χ3v) is 8.44. The molecule has 6 aromatic rings. The van der Waals surface area contributed by atoms with Crippen molar-refractivity contribution in [2.75, 3.05) is 9.80 Å². The number of aryl methyl sites for hydroxylation is 6. The molecule has 0 fully saturated rings. The van der Waals surface area contributed by atoms with Gasteiger partial charge in [-0.3, -0.25) is 0 Å². The van der Waals surface area contributed by atoms with Gasteiger partial charge in [-0.05, 0) is 147 Å². The van der Waals surface area contributed by atoms with Crippen molar-refractivity contribution in [1.82, 2.24) is 0 Å². The molecule has 0 bridgehead atoms. The molecular formula is C42H40N2. The lowest BCUT2D eigenvalue weighted by Crippen LogP contribution is -2.13. The van der Waals surface area contributed by atoms with Gasteiger partial charge in [-0.15, -0.1) is 0 Å². The molecule has 0 aromatic heterocycles. The van der Waals surface area contributed by atoms with Gasteiger partial charge in [0.25, 0.3) is 0 Å². The Balaban J connectivity index is 1.41. The first-order valence-corrected chi connectivity index (χ1v) is 15.4. The maximum absolute atomic E-state index is 2.39. The van der Waals surface area contributed by atoms with E-state index in [-0.39, 0.29) is 0 Å². The number of nitrogens with zero attached hydrogens (tertiary/aromatic N) is 2. The lowest BCUT2D eigenvalue weighted by atomic mass is 9.98. The highest BCUT2D eigenvalue weighted by molar-refractivity contribution is 5.84. The molecule has 0 atom stereocenters. The second kappa shape index (κ2) is 12.3. The summed E-state index contributed by atoms with van der Waals surface area (Å²) in [6, 6.07) is 48.5. The summed E-state index contributed by atoms with van der Waals surface area (Å²) >= 11 is 0. The van der Waals surface area contributed by atoms with Crippen LogP contribution in [0.3, 0.4) is 0 Å². The average Bonchev–Trinajstić information content (AvgIpc) is 3.01. The Morgan fingerprint density at radius 3 is 1.07 bits per heavy atom. The van der Waals surface area contributed by atoms with Crippen LogP contribution in [-0.4, -0.2) is 0 Å². The van der Waals surface area contributed by atoms with Crippen molar-refractivity contribution in [2.45, 2.75) is 41.5 Å². The molecule has 0 aliphatic heterocycles. The van der Waals surface area contributed by atoms with Crippen molar-refractivity contribution in [3.8, 4) is 11.1 Å². The van der Waals surface area contributed by atoms with Crippen LogP contribution in [0, 0.1) is 41.5 Å². The van der Waals surface area contributed by atoms with Crippen LogP contribution in [0.5, 0.6) is 0 Å². The minimum atomic E-state index is 1.17. The standard InChI is InChI=1S/C42H40N2/c1-29-13-11-17-37(25-29)43(39-19-9-7-15-31(39)3)41-23-21-35(27-33(41)5)36-22-24-42(34(6)28-36)44(38-18-12-14-30(2)26-38)40-20-10-8-16-32(40)4/h7-28H,1-6H3. The summed E-state index contributed by atoms with van der Waals surface area (Å²) in [5, 5.41) is 0. The van der Waals surface area contributed by atoms with E-state index in [4.69, 9.17) is 0 Å². The van der Waals surface area contributed by atoms with Crippen molar-refractivity contribution in [1.29, 1.82) is 0 Å². The zero-order valence-corrected chi connectivity index (χ0v) is 26.6. The topological polar surface area (TPSA) is 6.48 Å². The molecule has 218 valence electrons. The molecule has 0 radical (unpaired) electrons. The highest BCUT2D eigenvalue weighted by Crippen LogP contribution is 2.42. The molecule has 0 N–H and O–H groups in total. The van der Waals surface area contributed by atoms with E-state index in [1.807, 2.05) is 0 Å². The molecular weight excluding hydrogens is 532 g/mol. The summed E-state index contributed by atoms with van der Waals surface area (Å²) < 4.78 is 0. The van der Waals surface area contributed by atoms with Crippen LogP contribution in [0.1, 0.15) is 33.4 Å². The van der Waals surface area contributed by atoms with Gasteiger partial charge in [0.1, 0.15) is 0 Å². The molecule has 6 aromatic carbocycles. The number of hydrogen-bond acceptors (Lipinski definition) is 2. The van der Waals surface area contributed by atoms with E-state index in [2.05, 4.69) is 185 Å². The average molecular weight is 573 g/mol. The van der Waals surface area contributed by atoms with Crippen molar-refractivity contribution >= 4 is 34.1 Å². The monoisotopic (exact) mass is 572 g/mol. The molecule has 0 spiro atoms. The Hall–Kier alpha value is -5.08. The van der Waals surface area contributed by atoms with E-state index in [1.165, 1.54) is 78.6 Å². The number of anilines is 6. The first-order valence-electron chi connectivity index (χ1n) is 15.4. The van der Waals surface area contributed by atoms with Crippen LogP contribution in [-0.2, 0) is 0 Å². The van der Waals surface area contributed by atoms with Gasteiger partial charge >= 0.3 is 0 Å². The predicted octanol–water partition coefficient (Wildman–Crippen LogP) is 12.1. The van der Waals surface area contributed by atoms with E-state index in [9.17, 15) is 0 Å². The second-order valence-electron chi connectivity index (χ2n) is 11.9. The summed E-state index contributed by atoms with van der Waals surface area (Å²) in [7, 11) is 0. The quantitative estimate of drug-likeness (QED) is 0.188. The summed E-state index contributed by atoms with van der Waals surface area (Å²) in [6.07, 6.45) is 0. The van der Waals surface area contributed by atoms with E-state index < -0.39 is 0 Å². The minimum absolute atomic E-state index is 1.17. The van der Waals surface area contributed by atoms with Crippen LogP contribution in [0.2, 0.25) is 0 Å². The molecule has 2 nitrogen and oxygen atoms in total. The fraction of sp³-hybridized carbons (Fsp3) is 0.143. The molecule has 44 heavy (non-hydrogen) atoms. The van der Waals surface area contributed by atoms with Crippen LogP contribution < -0.4 is 9.80 Å². The number of rotatable bonds is 7. The Labute approximate surface area is 262 Å². The second-order valence-corrected chi connectivity index (χ2v) is 11.9. The minimum Gasteiger partial charge on any atom is -0.310 e. The van der Waals surface area contributed by atoms with E-state index in [0.29, 0.717) is 0 Å². The van der Waals surface area contributed by atoms with Gasteiger partial charge in [-0.2, -0.15) is 0 Å². The fourth-order valence-corrected chi connectivity index (χ4v) is 6.15. The lowest BCUT2D eigenvalue weighted by molar-refractivity contribution is 1.21. The maximum Gasteiger partial charge on any atom is 0.0491 e. The fourth-order valence-electron chi connectivity index (χ4n) is 6.15. The highest BCUT2D eigenvalue weighted by Gasteiger charge is 2.19. The molecule has 0 unspecified atom stereocenters. The third kappa shape index (κ3) is 5.76. The third-order valence-electron chi connectivity index (χ3n) is 8.44. The van der Waals surface area contributed by atoms with Gasteiger partial charge in [0.2, 0.25) is 0 Å². The Morgan fingerprint density at radius 1 is 0.318 bits per heavy atom. The maximum atomic E-state index is 2.39. The van der Waals surface area contributed by atoms with E-state index >= 15 is 0 Å². The molecule has 2 heteroatoms. The lowest BCUT2D eigenvalue weighted by Gasteiger charge is -2.29. The van der Waals surface area contributed by atoms with Gasteiger partial charge in [0.05, 0.1) is 0 Å². The summed E-state index contributed by atoms with van der Waals surface area (Å²) in [6.45, 7) is 13.1.